The van der Waals surface area contributed by atoms with Crippen LogP contribution in [0.4, 0.5) is 0 Å². The van der Waals surface area contributed by atoms with Crippen molar-refractivity contribution in [2.75, 3.05) is 0 Å². The van der Waals surface area contributed by atoms with Gasteiger partial charge in [-0.1, -0.05) is 38.2 Å². The molecule has 0 radical (unpaired) electrons. The van der Waals surface area contributed by atoms with Gasteiger partial charge in [0.15, 0.2) is 0 Å². The molecular weight excluding hydrogens is 236 g/mol. The summed E-state index contributed by atoms with van der Waals surface area (Å²) in [7, 11) is 0. The predicted octanol–water partition coefficient (Wildman–Crippen LogP) is 3.28. The first-order valence-corrected chi connectivity index (χ1v) is 7.53. The second-order valence-corrected chi connectivity index (χ2v) is 5.90. The van der Waals surface area contributed by atoms with E-state index in [1.54, 1.807) is 0 Å². The minimum atomic E-state index is 0.309. The van der Waals surface area contributed by atoms with E-state index in [0.717, 1.165) is 31.0 Å². The summed E-state index contributed by atoms with van der Waals surface area (Å²) in [5, 5.41) is 0. The van der Waals surface area contributed by atoms with Gasteiger partial charge in [-0.05, 0) is 24.0 Å². The first-order chi connectivity index (χ1) is 9.33. The summed E-state index contributed by atoms with van der Waals surface area (Å²) in [4.78, 5) is 18.6. The number of hydrogen-bond acceptors (Lipinski definition) is 2. The Kier molecular flexibility index (Phi) is 3.81. The van der Waals surface area contributed by atoms with Gasteiger partial charge in [0.2, 0.25) is 5.91 Å². The van der Waals surface area contributed by atoms with Crippen molar-refractivity contribution in [2.45, 2.75) is 58.0 Å². The zero-order valence-electron chi connectivity index (χ0n) is 11.5. The van der Waals surface area contributed by atoms with Crippen LogP contribution in [0.5, 0.6) is 0 Å². The topological polar surface area (TPSA) is 33.2 Å². The molecule has 0 atom stereocenters. The quantitative estimate of drug-likeness (QED) is 0.833. The van der Waals surface area contributed by atoms with E-state index in [0.29, 0.717) is 12.5 Å². The van der Waals surface area contributed by atoms with E-state index in [4.69, 9.17) is 0 Å². The summed E-state index contributed by atoms with van der Waals surface area (Å²) in [6, 6.07) is 4.03. The largest absolute Gasteiger partial charge is 0.332 e. The maximum absolute atomic E-state index is 12.3. The molecular formula is C16H22N2O. The molecule has 2 heterocycles. The van der Waals surface area contributed by atoms with Gasteiger partial charge in [-0.25, -0.2) is 0 Å². The lowest BCUT2D eigenvalue weighted by Gasteiger charge is -2.22. The number of aromatic nitrogens is 1. The fourth-order valence-electron chi connectivity index (χ4n) is 3.34. The molecule has 1 aliphatic heterocycles. The summed E-state index contributed by atoms with van der Waals surface area (Å²) in [6.45, 7) is 1.46. The average Bonchev–Trinajstić information content (AvgIpc) is 2.90. The zero-order valence-corrected chi connectivity index (χ0v) is 11.5. The minimum Gasteiger partial charge on any atom is -0.332 e. The molecule has 19 heavy (non-hydrogen) atoms. The Labute approximate surface area is 115 Å². The molecule has 0 saturated heterocycles. The third-order valence-electron chi connectivity index (χ3n) is 4.53. The van der Waals surface area contributed by atoms with Crippen molar-refractivity contribution in [3.8, 4) is 0 Å². The van der Waals surface area contributed by atoms with E-state index in [1.807, 2.05) is 17.2 Å². The fourth-order valence-corrected chi connectivity index (χ4v) is 3.34. The second kappa shape index (κ2) is 5.72. The number of amides is 1. The second-order valence-electron chi connectivity index (χ2n) is 5.90. The van der Waals surface area contributed by atoms with Crippen molar-refractivity contribution < 1.29 is 4.79 Å². The molecule has 3 heteroatoms. The number of pyridine rings is 1. The Morgan fingerprint density at radius 1 is 1.26 bits per heavy atom. The number of fused-ring (bicyclic) bond motifs is 1. The lowest BCUT2D eigenvalue weighted by molar-refractivity contribution is -0.132. The molecule has 1 aromatic heterocycles. The van der Waals surface area contributed by atoms with E-state index in [-0.39, 0.29) is 0 Å². The Hall–Kier alpha value is -1.38. The molecule has 0 N–H and O–H groups in total. The molecule has 0 unspecified atom stereocenters. The molecule has 102 valence electrons. The van der Waals surface area contributed by atoms with E-state index in [1.165, 1.54) is 37.7 Å². The van der Waals surface area contributed by atoms with Gasteiger partial charge in [-0.3, -0.25) is 9.78 Å². The highest BCUT2D eigenvalue weighted by Gasteiger charge is 2.24. The van der Waals surface area contributed by atoms with E-state index < -0.39 is 0 Å². The maximum atomic E-state index is 12.3. The molecule has 1 fully saturated rings. The van der Waals surface area contributed by atoms with Crippen molar-refractivity contribution >= 4 is 5.91 Å². The van der Waals surface area contributed by atoms with Gasteiger partial charge in [0.25, 0.3) is 0 Å². The van der Waals surface area contributed by atoms with Crippen LogP contribution < -0.4 is 0 Å². The van der Waals surface area contributed by atoms with Crippen LogP contribution in [0.15, 0.2) is 18.3 Å². The van der Waals surface area contributed by atoms with Crippen molar-refractivity contribution in [3.05, 3.63) is 29.6 Å². The van der Waals surface area contributed by atoms with Gasteiger partial charge in [0.05, 0.1) is 12.2 Å². The summed E-state index contributed by atoms with van der Waals surface area (Å²) >= 11 is 0. The normalized spacial score (nSPS) is 19.5. The lowest BCUT2D eigenvalue weighted by Crippen LogP contribution is -2.25. The highest BCUT2D eigenvalue weighted by molar-refractivity contribution is 5.76. The summed E-state index contributed by atoms with van der Waals surface area (Å²) in [6.07, 6.45) is 10.4. The molecule has 0 aromatic carbocycles. The lowest BCUT2D eigenvalue weighted by atomic mass is 9.86. The van der Waals surface area contributed by atoms with Crippen LogP contribution in [0.25, 0.3) is 0 Å². The Bertz CT molecular complexity index is 427. The first kappa shape index (κ1) is 12.6. The molecule has 2 aliphatic rings. The SMILES string of the molecule is O=C(CCC1CCCCC1)N1Cc2cccnc2C1. The van der Waals surface area contributed by atoms with Crippen molar-refractivity contribution in [1.82, 2.24) is 9.88 Å². The fraction of sp³-hybridized carbons (Fsp3) is 0.625. The summed E-state index contributed by atoms with van der Waals surface area (Å²) < 4.78 is 0. The van der Waals surface area contributed by atoms with E-state index in [9.17, 15) is 4.79 Å². The molecule has 1 aromatic rings. The van der Waals surface area contributed by atoms with Gasteiger partial charge in [0.1, 0.15) is 0 Å². The van der Waals surface area contributed by atoms with E-state index >= 15 is 0 Å². The maximum Gasteiger partial charge on any atom is 0.223 e. The van der Waals surface area contributed by atoms with Gasteiger partial charge >= 0.3 is 0 Å². The first-order valence-electron chi connectivity index (χ1n) is 7.53. The molecule has 1 aliphatic carbocycles. The highest BCUT2D eigenvalue weighted by Crippen LogP contribution is 2.28. The summed E-state index contributed by atoms with van der Waals surface area (Å²) in [5.41, 5.74) is 2.29. The van der Waals surface area contributed by atoms with Crippen LogP contribution in [0, 0.1) is 5.92 Å². The van der Waals surface area contributed by atoms with Crippen molar-refractivity contribution in [2.24, 2.45) is 5.92 Å². The van der Waals surface area contributed by atoms with Crippen LogP contribution in [0.2, 0.25) is 0 Å². The van der Waals surface area contributed by atoms with Gasteiger partial charge in [0, 0.05) is 19.2 Å². The standard InChI is InChI=1S/C16H22N2O/c19-16(9-8-13-5-2-1-3-6-13)18-11-14-7-4-10-17-15(14)12-18/h4,7,10,13H,1-3,5-6,8-9,11-12H2. The van der Waals surface area contributed by atoms with Gasteiger partial charge in [-0.15, -0.1) is 0 Å². The van der Waals surface area contributed by atoms with Gasteiger partial charge < -0.3 is 4.90 Å². The van der Waals surface area contributed by atoms with Crippen LogP contribution >= 0.6 is 0 Å². The number of carbonyl (C=O) groups is 1. The van der Waals surface area contributed by atoms with Crippen LogP contribution in [0.3, 0.4) is 0 Å². The highest BCUT2D eigenvalue weighted by atomic mass is 16.2. The predicted molar refractivity (Wildman–Crippen MR) is 74.3 cm³/mol. The molecule has 0 spiro atoms. The summed E-state index contributed by atoms with van der Waals surface area (Å²) in [5.74, 6) is 1.10. The smallest absolute Gasteiger partial charge is 0.223 e. The Balaban J connectivity index is 1.49. The molecule has 1 amide bonds. The number of carbonyl (C=O) groups excluding carboxylic acids is 1. The Morgan fingerprint density at radius 2 is 2.11 bits per heavy atom. The monoisotopic (exact) mass is 258 g/mol. The van der Waals surface area contributed by atoms with Crippen molar-refractivity contribution in [1.29, 1.82) is 0 Å². The molecule has 1 saturated carbocycles. The van der Waals surface area contributed by atoms with Crippen molar-refractivity contribution in [3.63, 3.8) is 0 Å². The third kappa shape index (κ3) is 2.96. The molecule has 0 bridgehead atoms. The molecule has 3 rings (SSSR count). The van der Waals surface area contributed by atoms with Crippen LogP contribution in [-0.4, -0.2) is 15.8 Å². The average molecular weight is 258 g/mol. The van der Waals surface area contributed by atoms with E-state index in [2.05, 4.69) is 11.1 Å². The number of hydrogen-bond donors (Lipinski definition) is 0. The third-order valence-corrected chi connectivity index (χ3v) is 4.53. The van der Waals surface area contributed by atoms with Crippen LogP contribution in [-0.2, 0) is 17.9 Å². The zero-order chi connectivity index (χ0) is 13.1. The van der Waals surface area contributed by atoms with Crippen LogP contribution in [0.1, 0.15) is 56.2 Å². The van der Waals surface area contributed by atoms with Gasteiger partial charge in [-0.2, -0.15) is 0 Å². The number of rotatable bonds is 3. The number of nitrogens with zero attached hydrogens (tertiary/aromatic N) is 2. The molecule has 3 nitrogen and oxygen atoms in total. The Morgan fingerprint density at radius 3 is 2.89 bits per heavy atom. The minimum absolute atomic E-state index is 0.309.